The Morgan fingerprint density at radius 1 is 1.14 bits per heavy atom. The molecular weight excluding hydrogens is 284 g/mol. The Hall–Kier alpha value is -0.650. The van der Waals surface area contributed by atoms with Gasteiger partial charge in [-0.15, -0.1) is 0 Å². The van der Waals surface area contributed by atoms with Crippen LogP contribution in [0.4, 0.5) is 0 Å². The first kappa shape index (κ1) is 17.7. The van der Waals surface area contributed by atoms with Crippen LogP contribution in [0.2, 0.25) is 0 Å². The lowest BCUT2D eigenvalue weighted by atomic mass is 10.1. The van der Waals surface area contributed by atoms with Crippen LogP contribution in [0, 0.1) is 0 Å². The largest absolute Gasteiger partial charge is 0.457 e. The van der Waals surface area contributed by atoms with E-state index in [-0.39, 0.29) is 24.6 Å². The number of rotatable bonds is 11. The molecule has 1 N–H and O–H groups in total. The van der Waals surface area contributed by atoms with Crippen LogP contribution in [0.5, 0.6) is 0 Å². The summed E-state index contributed by atoms with van der Waals surface area (Å²) in [4.78, 5) is 11.1. The van der Waals surface area contributed by atoms with Crippen LogP contribution in [0.25, 0.3) is 0 Å². The van der Waals surface area contributed by atoms with Crippen LogP contribution < -0.4 is 0 Å². The Kier molecular flexibility index (Phi) is 7.63. The molecule has 2 aliphatic heterocycles. The highest BCUT2D eigenvalue weighted by molar-refractivity contribution is 5.72. The number of carbonyl (C=O) groups is 1. The monoisotopic (exact) mass is 314 g/mol. The molecule has 2 saturated heterocycles. The van der Waals surface area contributed by atoms with Crippen molar-refractivity contribution < 1.29 is 24.1 Å². The van der Waals surface area contributed by atoms with Gasteiger partial charge in [-0.05, 0) is 6.42 Å². The van der Waals surface area contributed by atoms with Gasteiger partial charge in [0.25, 0.3) is 0 Å². The number of ether oxygens (including phenoxy) is 3. The number of esters is 1. The van der Waals surface area contributed by atoms with E-state index in [0.717, 1.165) is 6.42 Å². The second kappa shape index (κ2) is 9.48. The van der Waals surface area contributed by atoms with Gasteiger partial charge in [-0.1, -0.05) is 51.9 Å². The van der Waals surface area contributed by atoms with E-state index in [4.69, 9.17) is 14.2 Å². The lowest BCUT2D eigenvalue weighted by molar-refractivity contribution is -0.146. The molecule has 0 amide bonds. The first-order valence-electron chi connectivity index (χ1n) is 8.83. The van der Waals surface area contributed by atoms with E-state index in [0.29, 0.717) is 13.2 Å². The highest BCUT2D eigenvalue weighted by Gasteiger charge is 2.50. The van der Waals surface area contributed by atoms with Crippen molar-refractivity contribution in [3.63, 3.8) is 0 Å². The van der Waals surface area contributed by atoms with Gasteiger partial charge >= 0.3 is 5.97 Å². The molecule has 0 bridgehead atoms. The molecule has 0 aromatic rings. The van der Waals surface area contributed by atoms with Crippen LogP contribution in [0.1, 0.15) is 64.7 Å². The molecule has 5 nitrogen and oxygen atoms in total. The molecule has 0 saturated carbocycles. The summed E-state index contributed by atoms with van der Waals surface area (Å²) in [5, 5.41) is 10.0. The molecule has 128 valence electrons. The molecule has 22 heavy (non-hydrogen) atoms. The molecule has 0 aromatic carbocycles. The number of carbonyl (C=O) groups excluding carboxylic acids is 1. The van der Waals surface area contributed by atoms with Gasteiger partial charge in [0.05, 0.1) is 13.0 Å². The smallest absolute Gasteiger partial charge is 0.309 e. The van der Waals surface area contributed by atoms with Gasteiger partial charge in [0.1, 0.15) is 18.3 Å². The highest BCUT2D eigenvalue weighted by Crippen LogP contribution is 2.31. The van der Waals surface area contributed by atoms with Gasteiger partial charge < -0.3 is 19.3 Å². The van der Waals surface area contributed by atoms with Crippen LogP contribution >= 0.6 is 0 Å². The fraction of sp³-hybridized carbons (Fsp3) is 0.941. The zero-order chi connectivity index (χ0) is 15.8. The van der Waals surface area contributed by atoms with Crippen molar-refractivity contribution in [2.45, 2.75) is 89.1 Å². The van der Waals surface area contributed by atoms with E-state index in [2.05, 4.69) is 6.92 Å². The fourth-order valence-corrected chi connectivity index (χ4v) is 3.16. The molecule has 2 fully saturated rings. The SMILES string of the molecule is CCCCCCCCCCOCC1O[C@@H]2CC(=O)O[C@@H]2[C@H]1O. The van der Waals surface area contributed by atoms with Crippen molar-refractivity contribution in [2.24, 2.45) is 0 Å². The number of fused-ring (bicyclic) bond motifs is 1. The first-order valence-corrected chi connectivity index (χ1v) is 8.83. The van der Waals surface area contributed by atoms with Gasteiger partial charge in [0, 0.05) is 6.61 Å². The maximum Gasteiger partial charge on any atom is 0.309 e. The van der Waals surface area contributed by atoms with Gasteiger partial charge in [-0.25, -0.2) is 0 Å². The average Bonchev–Trinajstić information content (AvgIpc) is 2.99. The zero-order valence-electron chi connectivity index (χ0n) is 13.7. The van der Waals surface area contributed by atoms with E-state index in [9.17, 15) is 9.90 Å². The summed E-state index contributed by atoms with van der Waals surface area (Å²) in [6.07, 6.45) is 8.53. The van der Waals surface area contributed by atoms with Crippen LogP contribution in [0.3, 0.4) is 0 Å². The average molecular weight is 314 g/mol. The summed E-state index contributed by atoms with van der Waals surface area (Å²) in [5.41, 5.74) is 0. The number of aliphatic hydroxyl groups excluding tert-OH is 1. The normalized spacial score (nSPS) is 30.5. The third-order valence-electron chi connectivity index (χ3n) is 4.49. The summed E-state index contributed by atoms with van der Waals surface area (Å²) >= 11 is 0. The lowest BCUT2D eigenvalue weighted by Gasteiger charge is -2.16. The van der Waals surface area contributed by atoms with Crippen molar-refractivity contribution in [2.75, 3.05) is 13.2 Å². The van der Waals surface area contributed by atoms with Crippen molar-refractivity contribution in [1.29, 1.82) is 0 Å². The Bertz CT molecular complexity index is 333. The van der Waals surface area contributed by atoms with Crippen LogP contribution in [-0.4, -0.2) is 48.7 Å². The quantitative estimate of drug-likeness (QED) is 0.469. The summed E-state index contributed by atoms with van der Waals surface area (Å²) in [5.74, 6) is -0.285. The zero-order valence-corrected chi connectivity index (χ0v) is 13.7. The third kappa shape index (κ3) is 5.21. The van der Waals surface area contributed by atoms with Crippen molar-refractivity contribution in [3.8, 4) is 0 Å². The van der Waals surface area contributed by atoms with E-state index >= 15 is 0 Å². The molecule has 1 unspecified atom stereocenters. The minimum absolute atomic E-state index is 0.246. The van der Waals surface area contributed by atoms with Crippen molar-refractivity contribution in [3.05, 3.63) is 0 Å². The Balaban J connectivity index is 1.44. The van der Waals surface area contributed by atoms with E-state index in [1.165, 1.54) is 44.9 Å². The van der Waals surface area contributed by atoms with E-state index in [1.807, 2.05) is 0 Å². The molecule has 2 heterocycles. The van der Waals surface area contributed by atoms with Crippen LogP contribution in [-0.2, 0) is 19.0 Å². The maximum atomic E-state index is 11.1. The molecule has 5 heteroatoms. The fourth-order valence-electron chi connectivity index (χ4n) is 3.16. The van der Waals surface area contributed by atoms with Gasteiger partial charge in [0.15, 0.2) is 6.10 Å². The number of aliphatic hydroxyl groups is 1. The summed E-state index contributed by atoms with van der Waals surface area (Å²) in [6, 6.07) is 0. The predicted molar refractivity (Wildman–Crippen MR) is 82.6 cm³/mol. The minimum atomic E-state index is -0.755. The highest BCUT2D eigenvalue weighted by atomic mass is 16.6. The van der Waals surface area contributed by atoms with Crippen LogP contribution in [0.15, 0.2) is 0 Å². The van der Waals surface area contributed by atoms with E-state index in [1.54, 1.807) is 0 Å². The van der Waals surface area contributed by atoms with Gasteiger partial charge in [0.2, 0.25) is 0 Å². The topological polar surface area (TPSA) is 65.0 Å². The molecule has 2 rings (SSSR count). The standard InChI is InChI=1S/C17H30O5/c1-2-3-4-5-6-7-8-9-10-20-12-14-16(19)17-13(21-14)11-15(18)22-17/h13-14,16-17,19H,2-12H2,1H3/t13-,14?,16+,17+/m1/s1. The molecule has 0 aliphatic carbocycles. The Morgan fingerprint density at radius 2 is 1.82 bits per heavy atom. The maximum absolute atomic E-state index is 11.1. The van der Waals surface area contributed by atoms with E-state index < -0.39 is 12.2 Å². The molecule has 4 atom stereocenters. The summed E-state index contributed by atoms with van der Waals surface area (Å²) in [7, 11) is 0. The molecular formula is C17H30O5. The Labute approximate surface area is 133 Å². The Morgan fingerprint density at radius 3 is 2.50 bits per heavy atom. The molecule has 0 radical (unpaired) electrons. The molecule has 0 aromatic heterocycles. The van der Waals surface area contributed by atoms with Gasteiger partial charge in [-0.3, -0.25) is 4.79 Å². The third-order valence-corrected chi connectivity index (χ3v) is 4.49. The summed E-state index contributed by atoms with van der Waals surface area (Å²) in [6.45, 7) is 3.32. The molecule has 2 aliphatic rings. The second-order valence-corrected chi connectivity index (χ2v) is 6.41. The van der Waals surface area contributed by atoms with Crippen molar-refractivity contribution >= 4 is 5.97 Å². The second-order valence-electron chi connectivity index (χ2n) is 6.41. The van der Waals surface area contributed by atoms with Gasteiger partial charge in [-0.2, -0.15) is 0 Å². The minimum Gasteiger partial charge on any atom is -0.457 e. The predicted octanol–water partition coefficient (Wildman–Crippen LogP) is 2.59. The summed E-state index contributed by atoms with van der Waals surface area (Å²) < 4.78 is 16.3. The number of unbranched alkanes of at least 4 members (excludes halogenated alkanes) is 7. The number of hydrogen-bond donors (Lipinski definition) is 1. The first-order chi connectivity index (χ1) is 10.7. The number of hydrogen-bond acceptors (Lipinski definition) is 5. The lowest BCUT2D eigenvalue weighted by Crippen LogP contribution is -2.34. The van der Waals surface area contributed by atoms with Crippen molar-refractivity contribution in [1.82, 2.24) is 0 Å². The molecule has 0 spiro atoms.